The zero-order valence-electron chi connectivity index (χ0n) is 17.2. The number of carbonyl (C=O) groups is 1. The summed E-state index contributed by atoms with van der Waals surface area (Å²) in [6, 6.07) is 6.84. The topological polar surface area (TPSA) is 44.8 Å². The molecule has 0 radical (unpaired) electrons. The summed E-state index contributed by atoms with van der Waals surface area (Å²) in [5, 5.41) is 0.645. The van der Waals surface area contributed by atoms with E-state index in [1.54, 1.807) is 6.07 Å². The molecular formula is C21H18F5O4PS. The number of benzene rings is 2. The smallest absolute Gasteiger partial charge is 0.353 e. The third-order valence-electron chi connectivity index (χ3n) is 4.42. The van der Waals surface area contributed by atoms with Crippen molar-refractivity contribution in [3.8, 4) is 5.75 Å². The van der Waals surface area contributed by atoms with Crippen LogP contribution in [0, 0.1) is 29.1 Å². The molecule has 0 saturated heterocycles. The molecule has 1 unspecified atom stereocenters. The molecule has 0 aliphatic rings. The maximum absolute atomic E-state index is 13.8. The molecule has 32 heavy (non-hydrogen) atoms. The lowest BCUT2D eigenvalue weighted by Gasteiger charge is -2.22. The SMILES string of the molecule is CCOP(OCC)C(C)c1ccc2sc(C(=O)Oc3c(F)c(F)c(F)c(F)c3F)cc2c1. The van der Waals surface area contributed by atoms with Crippen LogP contribution in [0.5, 0.6) is 5.75 Å². The molecule has 0 amide bonds. The van der Waals surface area contributed by atoms with Gasteiger partial charge in [-0.05, 0) is 49.9 Å². The number of halogens is 5. The summed E-state index contributed by atoms with van der Waals surface area (Å²) in [5.41, 5.74) is 0.820. The van der Waals surface area contributed by atoms with Crippen molar-refractivity contribution >= 4 is 35.8 Å². The van der Waals surface area contributed by atoms with Gasteiger partial charge in [-0.1, -0.05) is 6.07 Å². The fraction of sp³-hybridized carbons (Fsp3) is 0.286. The molecule has 0 spiro atoms. The molecule has 11 heteroatoms. The minimum Gasteiger partial charge on any atom is -0.416 e. The Morgan fingerprint density at radius 1 is 0.938 bits per heavy atom. The van der Waals surface area contributed by atoms with Crippen LogP contribution in [-0.4, -0.2) is 19.2 Å². The number of carbonyl (C=O) groups excluding carboxylic acids is 1. The van der Waals surface area contributed by atoms with E-state index in [-0.39, 0.29) is 10.5 Å². The molecule has 3 aromatic rings. The first kappa shape index (κ1) is 24.5. The van der Waals surface area contributed by atoms with Crippen molar-refractivity contribution in [2.24, 2.45) is 0 Å². The average Bonchev–Trinajstić information content (AvgIpc) is 3.22. The van der Waals surface area contributed by atoms with Crippen molar-refractivity contribution in [1.29, 1.82) is 0 Å². The van der Waals surface area contributed by atoms with Gasteiger partial charge < -0.3 is 13.8 Å². The van der Waals surface area contributed by atoms with E-state index >= 15 is 0 Å². The second-order valence-electron chi connectivity index (χ2n) is 6.49. The summed E-state index contributed by atoms with van der Waals surface area (Å²) >= 11 is 0.959. The predicted octanol–water partition coefficient (Wildman–Crippen LogP) is 7.26. The van der Waals surface area contributed by atoms with Crippen LogP contribution < -0.4 is 4.74 Å². The molecule has 0 N–H and O–H groups in total. The van der Waals surface area contributed by atoms with Crippen LogP contribution in [0.25, 0.3) is 10.1 Å². The summed E-state index contributed by atoms with van der Waals surface area (Å²) < 4.78 is 84.0. The Kier molecular flexibility index (Phi) is 7.82. The maximum Gasteiger partial charge on any atom is 0.353 e. The van der Waals surface area contributed by atoms with E-state index < -0.39 is 49.2 Å². The summed E-state index contributed by atoms with van der Waals surface area (Å²) in [5.74, 6) is -14.0. The fourth-order valence-electron chi connectivity index (χ4n) is 2.88. The van der Waals surface area contributed by atoms with Crippen molar-refractivity contribution in [2.45, 2.75) is 26.4 Å². The Labute approximate surface area is 185 Å². The van der Waals surface area contributed by atoms with Gasteiger partial charge in [0.25, 0.3) is 0 Å². The minimum atomic E-state index is -2.33. The Balaban J connectivity index is 1.89. The van der Waals surface area contributed by atoms with Gasteiger partial charge in [0.05, 0.1) is 18.9 Å². The molecule has 0 bridgehead atoms. The van der Waals surface area contributed by atoms with E-state index in [1.807, 2.05) is 32.9 Å². The van der Waals surface area contributed by atoms with Gasteiger partial charge in [-0.25, -0.2) is 18.0 Å². The molecule has 172 valence electrons. The molecule has 1 atom stereocenters. The van der Waals surface area contributed by atoms with Crippen LogP contribution in [0.3, 0.4) is 0 Å². The number of ether oxygens (including phenoxy) is 1. The molecule has 2 aromatic carbocycles. The third-order valence-corrected chi connectivity index (χ3v) is 7.47. The first-order chi connectivity index (χ1) is 15.2. The molecule has 3 rings (SSSR count). The lowest BCUT2D eigenvalue weighted by atomic mass is 10.1. The number of hydrogen-bond acceptors (Lipinski definition) is 5. The third kappa shape index (κ3) is 4.78. The molecule has 0 saturated carbocycles. The Hall–Kier alpha value is -2.13. The van der Waals surface area contributed by atoms with Crippen molar-refractivity contribution < 1.29 is 40.5 Å². The maximum atomic E-state index is 13.8. The Morgan fingerprint density at radius 2 is 1.50 bits per heavy atom. The fourth-order valence-corrected chi connectivity index (χ4v) is 5.23. The van der Waals surface area contributed by atoms with Crippen LogP contribution in [0.2, 0.25) is 0 Å². The zero-order chi connectivity index (χ0) is 23.6. The highest BCUT2D eigenvalue weighted by atomic mass is 32.1. The van der Waals surface area contributed by atoms with Crippen LogP contribution in [0.1, 0.15) is 41.7 Å². The molecule has 4 nitrogen and oxygen atoms in total. The van der Waals surface area contributed by atoms with Crippen LogP contribution in [0.4, 0.5) is 22.0 Å². The lowest BCUT2D eigenvalue weighted by Crippen LogP contribution is -2.12. The second-order valence-corrected chi connectivity index (χ2v) is 9.44. The van der Waals surface area contributed by atoms with Gasteiger partial charge in [0.1, 0.15) is 4.88 Å². The van der Waals surface area contributed by atoms with Crippen molar-refractivity contribution in [1.82, 2.24) is 0 Å². The van der Waals surface area contributed by atoms with Gasteiger partial charge in [-0.3, -0.25) is 0 Å². The highest BCUT2D eigenvalue weighted by molar-refractivity contribution is 7.47. The summed E-state index contributed by atoms with van der Waals surface area (Å²) in [7, 11) is -1.18. The first-order valence-corrected chi connectivity index (χ1v) is 11.6. The first-order valence-electron chi connectivity index (χ1n) is 9.51. The van der Waals surface area contributed by atoms with E-state index in [2.05, 4.69) is 4.74 Å². The lowest BCUT2D eigenvalue weighted by molar-refractivity contribution is 0.0721. The van der Waals surface area contributed by atoms with E-state index in [9.17, 15) is 26.7 Å². The van der Waals surface area contributed by atoms with Gasteiger partial charge in [-0.2, -0.15) is 8.78 Å². The highest BCUT2D eigenvalue weighted by Gasteiger charge is 2.29. The zero-order valence-corrected chi connectivity index (χ0v) is 18.9. The predicted molar refractivity (Wildman–Crippen MR) is 112 cm³/mol. The van der Waals surface area contributed by atoms with E-state index in [0.717, 1.165) is 16.9 Å². The minimum absolute atomic E-state index is 0.0642. The standard InChI is InChI=1S/C21H18F5O4PS/c1-4-28-31(29-5-2)10(3)11-6-7-13-12(8-11)9-14(32-13)21(27)30-20-18(25)16(23)15(22)17(24)19(20)26/h6-10H,4-5H2,1-3H3. The van der Waals surface area contributed by atoms with E-state index in [4.69, 9.17) is 9.05 Å². The molecule has 0 aliphatic carbocycles. The Morgan fingerprint density at radius 3 is 2.06 bits per heavy atom. The van der Waals surface area contributed by atoms with Gasteiger partial charge in [-0.15, -0.1) is 11.3 Å². The number of rotatable bonds is 8. The monoisotopic (exact) mass is 492 g/mol. The summed E-state index contributed by atoms with van der Waals surface area (Å²) in [4.78, 5) is 12.3. The highest BCUT2D eigenvalue weighted by Crippen LogP contribution is 2.53. The van der Waals surface area contributed by atoms with Crippen LogP contribution in [-0.2, 0) is 9.05 Å². The van der Waals surface area contributed by atoms with Gasteiger partial charge in [0, 0.05) is 4.70 Å². The molecule has 0 fully saturated rings. The Bertz CT molecular complexity index is 1120. The van der Waals surface area contributed by atoms with E-state index in [1.165, 1.54) is 6.07 Å². The van der Waals surface area contributed by atoms with Gasteiger partial charge >= 0.3 is 5.97 Å². The van der Waals surface area contributed by atoms with Crippen LogP contribution in [0.15, 0.2) is 24.3 Å². The number of esters is 1. The number of thiophene rings is 1. The molecule has 0 aliphatic heterocycles. The largest absolute Gasteiger partial charge is 0.416 e. The summed E-state index contributed by atoms with van der Waals surface area (Å²) in [6.07, 6.45) is 0. The summed E-state index contributed by atoms with van der Waals surface area (Å²) in [6.45, 7) is 6.66. The van der Waals surface area contributed by atoms with Crippen LogP contribution >= 0.6 is 19.7 Å². The van der Waals surface area contributed by atoms with E-state index in [0.29, 0.717) is 23.3 Å². The molecule has 1 aromatic heterocycles. The molecule has 1 heterocycles. The quantitative estimate of drug-likeness (QED) is 0.0829. The second kappa shape index (κ2) is 10.2. The average molecular weight is 492 g/mol. The van der Waals surface area contributed by atoms with Crippen molar-refractivity contribution in [3.63, 3.8) is 0 Å². The van der Waals surface area contributed by atoms with Crippen molar-refractivity contribution in [3.05, 3.63) is 63.8 Å². The molecular weight excluding hydrogens is 474 g/mol. The van der Waals surface area contributed by atoms with Gasteiger partial charge in [0.15, 0.2) is 8.38 Å². The van der Waals surface area contributed by atoms with Gasteiger partial charge in [0.2, 0.25) is 34.8 Å². The number of hydrogen-bond donors (Lipinski definition) is 0. The van der Waals surface area contributed by atoms with Crippen molar-refractivity contribution in [2.75, 3.05) is 13.2 Å². The normalized spacial score (nSPS) is 12.5. The number of fused-ring (bicyclic) bond motifs is 1.